The summed E-state index contributed by atoms with van der Waals surface area (Å²) in [5.74, 6) is 2.27. The molecule has 50 heavy (non-hydrogen) atoms. The van der Waals surface area contributed by atoms with E-state index in [0.717, 1.165) is 78.6 Å². The van der Waals surface area contributed by atoms with Gasteiger partial charge in [-0.3, -0.25) is 9.72 Å². The molecule has 0 radical (unpaired) electrons. The van der Waals surface area contributed by atoms with Crippen molar-refractivity contribution in [2.75, 3.05) is 30.9 Å². The minimum atomic E-state index is -0.271. The van der Waals surface area contributed by atoms with E-state index in [1.165, 1.54) is 12.0 Å². The van der Waals surface area contributed by atoms with Crippen LogP contribution in [0.3, 0.4) is 0 Å². The van der Waals surface area contributed by atoms with Gasteiger partial charge >= 0.3 is 6.03 Å². The standard InChI is InChI=1S/C39H49N9O2/c1-26-12-9-10-21-46(26)38-43-42-35-20-17-29(25-47(35)38)50-33-19-18-32(30-15-7-8-16-31(30)33)40-37(49)41-36-23-34(39(2,3)4)44-48(36)28-14-11-13-27(22-28)24-45(5)6/h7-8,11,13-17,20,22-23,25-26,32-33H,9-10,12,18-19,21,24H2,1-6H3,(H2,40,41,49)/t26?,32-,33+/m0/s1. The van der Waals surface area contributed by atoms with Crippen LogP contribution in [0.15, 0.2) is 72.9 Å². The number of ether oxygens (including phenoxy) is 1. The van der Waals surface area contributed by atoms with Gasteiger partial charge in [0.2, 0.25) is 5.95 Å². The van der Waals surface area contributed by atoms with Crippen molar-refractivity contribution < 1.29 is 9.53 Å². The van der Waals surface area contributed by atoms with Crippen molar-refractivity contribution in [3.8, 4) is 11.4 Å². The van der Waals surface area contributed by atoms with E-state index >= 15 is 0 Å². The summed E-state index contributed by atoms with van der Waals surface area (Å²) in [5.41, 5.74) is 5.73. The Morgan fingerprint density at radius 3 is 2.56 bits per heavy atom. The van der Waals surface area contributed by atoms with Crippen molar-refractivity contribution >= 4 is 23.4 Å². The van der Waals surface area contributed by atoms with E-state index in [0.29, 0.717) is 11.9 Å². The molecule has 3 aromatic heterocycles. The predicted octanol–water partition coefficient (Wildman–Crippen LogP) is 7.43. The summed E-state index contributed by atoms with van der Waals surface area (Å²) in [5, 5.41) is 20.3. The molecule has 3 atom stereocenters. The number of carbonyl (C=O) groups is 1. The van der Waals surface area contributed by atoms with Crippen LogP contribution in [0, 0.1) is 0 Å². The van der Waals surface area contributed by atoms with E-state index in [9.17, 15) is 4.79 Å². The third-order valence-electron chi connectivity index (χ3n) is 9.81. The van der Waals surface area contributed by atoms with Gasteiger partial charge in [-0.2, -0.15) is 5.10 Å². The number of hydrogen-bond donors (Lipinski definition) is 2. The van der Waals surface area contributed by atoms with Crippen LogP contribution >= 0.6 is 0 Å². The van der Waals surface area contributed by atoms with Gasteiger partial charge in [-0.15, -0.1) is 10.2 Å². The number of nitrogens with zero attached hydrogens (tertiary/aromatic N) is 7. The van der Waals surface area contributed by atoms with Crippen molar-refractivity contribution in [2.45, 2.75) is 89.9 Å². The fourth-order valence-corrected chi connectivity index (χ4v) is 7.20. The molecular formula is C39H49N9O2. The van der Waals surface area contributed by atoms with Gasteiger partial charge in [0.1, 0.15) is 17.7 Å². The zero-order chi connectivity index (χ0) is 35.0. The first-order valence-corrected chi connectivity index (χ1v) is 17.8. The lowest BCUT2D eigenvalue weighted by Gasteiger charge is -2.33. The summed E-state index contributed by atoms with van der Waals surface area (Å²) in [4.78, 5) is 18.2. The van der Waals surface area contributed by atoms with Crippen molar-refractivity contribution in [1.82, 2.24) is 34.6 Å². The molecule has 0 bridgehead atoms. The molecule has 0 spiro atoms. The summed E-state index contributed by atoms with van der Waals surface area (Å²) in [6.45, 7) is 10.4. The number of anilines is 2. The fraction of sp³-hybridized carbons (Fsp3) is 0.436. The fourth-order valence-electron chi connectivity index (χ4n) is 7.20. The largest absolute Gasteiger partial charge is 0.484 e. The monoisotopic (exact) mass is 675 g/mol. The molecule has 2 aliphatic rings. The SMILES string of the molecule is CC1CCCCN1c1nnc2ccc(O[C@@H]3CC[C@H](NC(=O)Nc4cc(C(C)(C)C)nn4-c4cccc(CN(C)C)c4)c4ccccc43)cn12. The Labute approximate surface area is 294 Å². The number of pyridine rings is 1. The second-order valence-corrected chi connectivity index (χ2v) is 15.1. The highest BCUT2D eigenvalue weighted by Crippen LogP contribution is 2.39. The third kappa shape index (κ3) is 7.05. The zero-order valence-electron chi connectivity index (χ0n) is 30.1. The summed E-state index contributed by atoms with van der Waals surface area (Å²) in [7, 11) is 4.11. The van der Waals surface area contributed by atoms with Crippen LogP contribution in [0.5, 0.6) is 5.75 Å². The second-order valence-electron chi connectivity index (χ2n) is 15.1. The molecule has 7 rings (SSSR count). The molecule has 2 amide bonds. The number of benzene rings is 2. The quantitative estimate of drug-likeness (QED) is 0.176. The minimum absolute atomic E-state index is 0.149. The third-order valence-corrected chi connectivity index (χ3v) is 9.81. The van der Waals surface area contributed by atoms with Gasteiger partial charge in [-0.05, 0) is 94.1 Å². The molecular weight excluding hydrogens is 626 g/mol. The van der Waals surface area contributed by atoms with E-state index in [1.54, 1.807) is 0 Å². The number of urea groups is 1. The van der Waals surface area contributed by atoms with Gasteiger partial charge in [0.25, 0.3) is 0 Å². The summed E-state index contributed by atoms with van der Waals surface area (Å²) >= 11 is 0. The molecule has 1 fully saturated rings. The average Bonchev–Trinajstić information content (AvgIpc) is 3.70. The van der Waals surface area contributed by atoms with E-state index in [2.05, 4.69) is 101 Å². The number of aromatic nitrogens is 5. The average molecular weight is 676 g/mol. The van der Waals surface area contributed by atoms with E-state index in [1.807, 2.05) is 53.3 Å². The van der Waals surface area contributed by atoms with Gasteiger partial charge < -0.3 is 19.9 Å². The zero-order valence-corrected chi connectivity index (χ0v) is 30.1. The molecule has 11 nitrogen and oxygen atoms in total. The topological polar surface area (TPSA) is 105 Å². The van der Waals surface area contributed by atoms with Gasteiger partial charge in [-0.1, -0.05) is 57.2 Å². The molecule has 1 aliphatic heterocycles. The summed E-state index contributed by atoms with van der Waals surface area (Å²) < 4.78 is 10.6. The lowest BCUT2D eigenvalue weighted by molar-refractivity contribution is 0.171. The Bertz CT molecular complexity index is 1970. The Morgan fingerprint density at radius 1 is 0.960 bits per heavy atom. The first-order chi connectivity index (χ1) is 24.0. The molecule has 1 aliphatic carbocycles. The highest BCUT2D eigenvalue weighted by Gasteiger charge is 2.31. The smallest absolute Gasteiger partial charge is 0.320 e. The maximum Gasteiger partial charge on any atom is 0.320 e. The maximum absolute atomic E-state index is 13.7. The molecule has 4 heterocycles. The van der Waals surface area contributed by atoms with Crippen LogP contribution in [-0.2, 0) is 12.0 Å². The van der Waals surface area contributed by atoms with Crippen LogP contribution in [0.2, 0.25) is 0 Å². The first-order valence-electron chi connectivity index (χ1n) is 17.8. The number of fused-ring (bicyclic) bond motifs is 2. The molecule has 262 valence electrons. The molecule has 2 aromatic carbocycles. The number of amides is 2. The number of carbonyl (C=O) groups excluding carboxylic acids is 1. The van der Waals surface area contributed by atoms with E-state index in [4.69, 9.17) is 9.84 Å². The highest BCUT2D eigenvalue weighted by molar-refractivity contribution is 5.89. The summed E-state index contributed by atoms with van der Waals surface area (Å²) in [6, 6.07) is 22.4. The van der Waals surface area contributed by atoms with Crippen molar-refractivity contribution in [3.05, 3.63) is 95.3 Å². The van der Waals surface area contributed by atoms with Gasteiger partial charge in [0.05, 0.1) is 23.6 Å². The summed E-state index contributed by atoms with van der Waals surface area (Å²) in [6.07, 6.45) is 6.91. The predicted molar refractivity (Wildman–Crippen MR) is 197 cm³/mol. The normalized spacial score (nSPS) is 19.4. The maximum atomic E-state index is 13.7. The van der Waals surface area contributed by atoms with Crippen molar-refractivity contribution in [1.29, 1.82) is 0 Å². The number of piperidine rings is 1. The highest BCUT2D eigenvalue weighted by atomic mass is 16.5. The lowest BCUT2D eigenvalue weighted by atomic mass is 9.85. The minimum Gasteiger partial charge on any atom is -0.484 e. The number of rotatable bonds is 8. The molecule has 0 saturated carbocycles. The molecule has 1 unspecified atom stereocenters. The number of nitrogens with one attached hydrogen (secondary N) is 2. The molecule has 2 N–H and O–H groups in total. The van der Waals surface area contributed by atoms with Crippen LogP contribution in [0.4, 0.5) is 16.6 Å². The van der Waals surface area contributed by atoms with Crippen molar-refractivity contribution in [3.63, 3.8) is 0 Å². The second kappa shape index (κ2) is 13.8. The van der Waals surface area contributed by atoms with E-state index in [-0.39, 0.29) is 23.6 Å². The first kappa shape index (κ1) is 33.6. The molecule has 1 saturated heterocycles. The van der Waals surface area contributed by atoms with Gasteiger partial charge in [-0.25, -0.2) is 9.48 Å². The Morgan fingerprint density at radius 2 is 1.78 bits per heavy atom. The Kier molecular flexibility index (Phi) is 9.26. The Hall–Kier alpha value is -4.90. The van der Waals surface area contributed by atoms with Crippen LogP contribution < -0.4 is 20.3 Å². The molecule has 5 aromatic rings. The number of hydrogen-bond acceptors (Lipinski definition) is 7. The van der Waals surface area contributed by atoms with E-state index < -0.39 is 0 Å². The molecule has 11 heteroatoms. The lowest BCUT2D eigenvalue weighted by Crippen LogP contribution is -2.38. The Balaban J connectivity index is 1.09. The van der Waals surface area contributed by atoms with Gasteiger partial charge in [0.15, 0.2) is 5.65 Å². The van der Waals surface area contributed by atoms with Crippen molar-refractivity contribution in [2.24, 2.45) is 0 Å². The van der Waals surface area contributed by atoms with Crippen LogP contribution in [-0.4, -0.2) is 62.0 Å². The van der Waals surface area contributed by atoms with Crippen LogP contribution in [0.1, 0.15) is 94.3 Å². The van der Waals surface area contributed by atoms with Crippen LogP contribution in [0.25, 0.3) is 11.3 Å². The van der Waals surface area contributed by atoms with Gasteiger partial charge in [0, 0.05) is 30.6 Å².